The lowest BCUT2D eigenvalue weighted by Crippen LogP contribution is -2.23. The molecule has 0 spiro atoms. The van der Waals surface area contributed by atoms with Crippen LogP contribution < -0.4 is 14.8 Å². The average molecular weight is 479 g/mol. The van der Waals surface area contributed by atoms with Gasteiger partial charge in [0.25, 0.3) is 5.91 Å². The van der Waals surface area contributed by atoms with Crippen LogP contribution in [0, 0.1) is 5.82 Å². The summed E-state index contributed by atoms with van der Waals surface area (Å²) < 4.78 is 25.2. The van der Waals surface area contributed by atoms with Crippen molar-refractivity contribution in [2.75, 3.05) is 7.11 Å². The first-order valence-electron chi connectivity index (χ1n) is 8.40. The quantitative estimate of drug-likeness (QED) is 0.648. The molecule has 1 aliphatic heterocycles. The molecule has 0 saturated carbocycles. The van der Waals surface area contributed by atoms with Gasteiger partial charge in [-0.15, -0.1) is 0 Å². The molecule has 150 valence electrons. The van der Waals surface area contributed by atoms with E-state index in [0.29, 0.717) is 32.0 Å². The highest BCUT2D eigenvalue weighted by Crippen LogP contribution is 2.38. The Balaban J connectivity index is 1.80. The Morgan fingerprint density at radius 1 is 1.34 bits per heavy atom. The Bertz CT molecular complexity index is 1040. The predicted octanol–water partition coefficient (Wildman–Crippen LogP) is 4.28. The first-order chi connectivity index (χ1) is 13.9. The number of hydrogen-bond donors (Lipinski definition) is 1. The van der Waals surface area contributed by atoms with E-state index >= 15 is 0 Å². The second-order valence-corrected chi connectivity index (χ2v) is 7.85. The minimum atomic E-state index is -0.430. The van der Waals surface area contributed by atoms with Crippen molar-refractivity contribution in [1.29, 1.82) is 0 Å². The van der Waals surface area contributed by atoms with E-state index in [1.54, 1.807) is 30.3 Å². The number of ether oxygens (including phenoxy) is 2. The van der Waals surface area contributed by atoms with E-state index in [-0.39, 0.29) is 23.5 Å². The van der Waals surface area contributed by atoms with E-state index < -0.39 is 5.91 Å². The van der Waals surface area contributed by atoms with Crippen LogP contribution in [-0.4, -0.2) is 24.1 Å². The third-order valence-corrected chi connectivity index (χ3v) is 5.21. The van der Waals surface area contributed by atoms with Crippen LogP contribution >= 0.6 is 27.7 Å². The Morgan fingerprint density at radius 2 is 2.14 bits per heavy atom. The van der Waals surface area contributed by atoms with Crippen molar-refractivity contribution in [3.8, 4) is 11.5 Å². The number of nitrogens with one attached hydrogen (secondary N) is 1. The number of nitrogens with zero attached hydrogens (tertiary/aromatic N) is 1. The minimum absolute atomic E-state index is 0.162. The fraction of sp³-hybridized carbons (Fsp3) is 0.150. The van der Waals surface area contributed by atoms with E-state index in [4.69, 9.17) is 9.47 Å². The summed E-state index contributed by atoms with van der Waals surface area (Å²) in [6.45, 7) is 1.51. The molecule has 29 heavy (non-hydrogen) atoms. The zero-order valence-electron chi connectivity index (χ0n) is 15.5. The molecule has 1 N–H and O–H groups in total. The van der Waals surface area contributed by atoms with Crippen molar-refractivity contribution in [3.63, 3.8) is 0 Å². The first kappa shape index (κ1) is 21.1. The Morgan fingerprint density at radius 3 is 2.83 bits per heavy atom. The highest BCUT2D eigenvalue weighted by atomic mass is 79.9. The number of aliphatic imine (C=N–C) groups is 1. The largest absolute Gasteiger partial charge is 0.493 e. The van der Waals surface area contributed by atoms with Crippen molar-refractivity contribution in [2.45, 2.75) is 13.5 Å². The molecule has 0 unspecified atom stereocenters. The molecular weight excluding hydrogens is 463 g/mol. The third kappa shape index (κ3) is 5.45. The molecule has 1 heterocycles. The molecule has 2 amide bonds. The molecule has 0 bridgehead atoms. The molecule has 0 aromatic heterocycles. The van der Waals surface area contributed by atoms with Crippen molar-refractivity contribution in [3.05, 3.63) is 62.7 Å². The van der Waals surface area contributed by atoms with Crippen molar-refractivity contribution >= 4 is 50.7 Å². The zero-order valence-corrected chi connectivity index (χ0v) is 17.9. The van der Waals surface area contributed by atoms with E-state index in [1.165, 1.54) is 26.2 Å². The van der Waals surface area contributed by atoms with E-state index in [2.05, 4.69) is 26.2 Å². The van der Waals surface area contributed by atoms with Gasteiger partial charge in [-0.1, -0.05) is 12.1 Å². The summed E-state index contributed by atoms with van der Waals surface area (Å²) in [7, 11) is 1.50. The fourth-order valence-corrected chi connectivity index (χ4v) is 3.94. The highest BCUT2D eigenvalue weighted by Gasteiger charge is 2.23. The van der Waals surface area contributed by atoms with Crippen LogP contribution in [0.25, 0.3) is 6.08 Å². The lowest BCUT2D eigenvalue weighted by atomic mass is 10.2. The van der Waals surface area contributed by atoms with Crippen LogP contribution in [0.15, 0.2) is 50.8 Å². The summed E-state index contributed by atoms with van der Waals surface area (Å²) in [5.41, 5.74) is 1.36. The summed E-state index contributed by atoms with van der Waals surface area (Å²) in [5.74, 6) is -0.158. The summed E-state index contributed by atoms with van der Waals surface area (Å²) in [5, 5.41) is 2.74. The molecule has 6 nitrogen and oxygen atoms in total. The molecule has 1 aliphatic rings. The Hall–Kier alpha value is -2.65. The zero-order chi connectivity index (χ0) is 21.0. The highest BCUT2D eigenvalue weighted by molar-refractivity contribution is 9.10. The molecule has 0 aliphatic carbocycles. The van der Waals surface area contributed by atoms with E-state index in [9.17, 15) is 14.0 Å². The lowest BCUT2D eigenvalue weighted by Gasteiger charge is -2.14. The number of halogens is 2. The van der Waals surface area contributed by atoms with Gasteiger partial charge in [0, 0.05) is 6.92 Å². The van der Waals surface area contributed by atoms with E-state index in [1.807, 2.05) is 0 Å². The molecule has 3 rings (SSSR count). The van der Waals surface area contributed by atoms with Gasteiger partial charge >= 0.3 is 0 Å². The van der Waals surface area contributed by atoms with Crippen LogP contribution in [0.5, 0.6) is 11.5 Å². The molecule has 0 saturated heterocycles. The molecule has 9 heteroatoms. The lowest BCUT2D eigenvalue weighted by molar-refractivity contribution is -0.117. The number of carbonyl (C=O) groups excluding carboxylic acids is 2. The molecule has 0 fully saturated rings. The number of benzene rings is 2. The van der Waals surface area contributed by atoms with Gasteiger partial charge in [0.15, 0.2) is 16.7 Å². The number of rotatable bonds is 5. The van der Waals surface area contributed by atoms with Crippen molar-refractivity contribution < 1.29 is 23.5 Å². The number of amidine groups is 1. The third-order valence-electron chi connectivity index (χ3n) is 3.73. The topological polar surface area (TPSA) is 77.0 Å². The van der Waals surface area contributed by atoms with Crippen LogP contribution in [-0.2, 0) is 16.2 Å². The molecule has 0 radical (unpaired) electrons. The average Bonchev–Trinajstić information content (AvgIpc) is 2.98. The number of methoxy groups -OCH3 is 1. The van der Waals surface area contributed by atoms with Gasteiger partial charge in [0.05, 0.1) is 16.5 Å². The van der Waals surface area contributed by atoms with Gasteiger partial charge in [0.2, 0.25) is 5.91 Å². The first-order valence-corrected chi connectivity index (χ1v) is 10.0. The number of hydrogen-bond acceptors (Lipinski definition) is 5. The Labute approximate surface area is 179 Å². The number of amides is 2. The van der Waals surface area contributed by atoms with Gasteiger partial charge in [-0.25, -0.2) is 4.39 Å². The minimum Gasteiger partial charge on any atom is -0.493 e. The van der Waals surface area contributed by atoms with Gasteiger partial charge in [-0.05, 0) is 69.2 Å². The maximum atomic E-state index is 13.3. The summed E-state index contributed by atoms with van der Waals surface area (Å²) in [6, 6.07) is 9.62. The number of thioether (sulfide) groups is 1. The molecule has 2 aromatic carbocycles. The second kappa shape index (κ2) is 9.23. The fourth-order valence-electron chi connectivity index (χ4n) is 2.51. The number of carbonyl (C=O) groups is 2. The standard InChI is InChI=1S/C20H16BrFN2O4S/c1-11(25)23-20-24-19(26)17(29-20)9-13-7-15(21)18(16(8-13)27-2)28-10-12-4-3-5-14(22)6-12/h3-9H,10H2,1-2H3,(H,23,24,25,26)/b17-9+. The molecule has 2 aromatic rings. The van der Waals surface area contributed by atoms with Crippen molar-refractivity contribution in [1.82, 2.24) is 5.32 Å². The van der Waals surface area contributed by atoms with Crippen molar-refractivity contribution in [2.24, 2.45) is 4.99 Å². The van der Waals surface area contributed by atoms with Gasteiger partial charge in [-0.3, -0.25) is 9.59 Å². The Kier molecular flexibility index (Phi) is 6.71. The maximum Gasteiger partial charge on any atom is 0.286 e. The molecule has 0 atom stereocenters. The molecular formula is C20H16BrFN2O4S. The summed E-state index contributed by atoms with van der Waals surface area (Å²) in [6.07, 6.45) is 1.65. The van der Waals surface area contributed by atoms with Gasteiger partial charge in [-0.2, -0.15) is 4.99 Å². The second-order valence-electron chi connectivity index (χ2n) is 5.97. The van der Waals surface area contributed by atoms with Crippen LogP contribution in [0.4, 0.5) is 4.39 Å². The van der Waals surface area contributed by atoms with Crippen LogP contribution in [0.2, 0.25) is 0 Å². The van der Waals surface area contributed by atoms with Gasteiger partial charge in [0.1, 0.15) is 12.4 Å². The summed E-state index contributed by atoms with van der Waals surface area (Å²) in [4.78, 5) is 27.3. The monoisotopic (exact) mass is 478 g/mol. The predicted molar refractivity (Wildman–Crippen MR) is 113 cm³/mol. The van der Waals surface area contributed by atoms with Crippen LogP contribution in [0.1, 0.15) is 18.1 Å². The summed E-state index contributed by atoms with van der Waals surface area (Å²) >= 11 is 4.53. The van der Waals surface area contributed by atoms with E-state index in [0.717, 1.165) is 11.8 Å². The SMILES string of the molecule is COc1cc(/C=C2/SC(NC(C)=O)=NC2=O)cc(Br)c1OCc1cccc(F)c1. The van der Waals surface area contributed by atoms with Crippen LogP contribution in [0.3, 0.4) is 0 Å². The smallest absolute Gasteiger partial charge is 0.286 e. The maximum absolute atomic E-state index is 13.3. The van der Waals surface area contributed by atoms with Gasteiger partial charge < -0.3 is 14.8 Å². The normalized spacial score (nSPS) is 14.7.